The molecule has 20 heavy (non-hydrogen) atoms. The third kappa shape index (κ3) is 3.51. The highest BCUT2D eigenvalue weighted by molar-refractivity contribution is 9.09. The van der Waals surface area contributed by atoms with Gasteiger partial charge in [0.2, 0.25) is 0 Å². The van der Waals surface area contributed by atoms with E-state index in [4.69, 9.17) is 9.47 Å². The van der Waals surface area contributed by atoms with Gasteiger partial charge in [0.25, 0.3) is 0 Å². The first-order valence-electron chi connectivity index (χ1n) is 6.24. The molecule has 0 saturated carbocycles. The van der Waals surface area contributed by atoms with Gasteiger partial charge >= 0.3 is 0 Å². The third-order valence-corrected chi connectivity index (χ3v) is 3.90. The van der Waals surface area contributed by atoms with E-state index in [2.05, 4.69) is 15.9 Å². The molecule has 2 aromatic rings. The Balaban J connectivity index is 2.22. The lowest BCUT2D eigenvalue weighted by molar-refractivity contribution is 0.391. The first-order chi connectivity index (χ1) is 9.63. The van der Waals surface area contributed by atoms with Crippen LogP contribution in [0.2, 0.25) is 0 Å². The fourth-order valence-corrected chi connectivity index (χ4v) is 2.81. The zero-order valence-electron chi connectivity index (χ0n) is 11.4. The summed E-state index contributed by atoms with van der Waals surface area (Å²) in [4.78, 5) is 0.0464. The minimum absolute atomic E-state index is 0.0464. The molecule has 1 unspecified atom stereocenters. The van der Waals surface area contributed by atoms with E-state index in [1.165, 1.54) is 6.07 Å². The number of benzene rings is 2. The quantitative estimate of drug-likeness (QED) is 0.746. The van der Waals surface area contributed by atoms with E-state index in [9.17, 15) is 4.39 Å². The smallest absolute Gasteiger partial charge is 0.126 e. The summed E-state index contributed by atoms with van der Waals surface area (Å²) in [5, 5.41) is 0. The van der Waals surface area contributed by atoms with Gasteiger partial charge in [-0.2, -0.15) is 0 Å². The van der Waals surface area contributed by atoms with Gasteiger partial charge in [-0.05, 0) is 30.2 Å². The van der Waals surface area contributed by atoms with Crippen LogP contribution in [0.4, 0.5) is 4.39 Å². The van der Waals surface area contributed by atoms with E-state index in [-0.39, 0.29) is 10.6 Å². The van der Waals surface area contributed by atoms with Crippen molar-refractivity contribution >= 4 is 15.9 Å². The van der Waals surface area contributed by atoms with E-state index in [1.54, 1.807) is 26.4 Å². The Hall–Kier alpha value is -1.55. The molecule has 1 atom stereocenters. The van der Waals surface area contributed by atoms with Gasteiger partial charge in [0, 0.05) is 16.5 Å². The molecule has 0 fully saturated rings. The van der Waals surface area contributed by atoms with Crippen LogP contribution < -0.4 is 9.47 Å². The molecule has 0 radical (unpaired) electrons. The molecule has 0 aromatic heterocycles. The van der Waals surface area contributed by atoms with Crippen LogP contribution in [0, 0.1) is 5.82 Å². The second kappa shape index (κ2) is 6.75. The average Bonchev–Trinajstić information content (AvgIpc) is 2.46. The average molecular weight is 339 g/mol. The summed E-state index contributed by atoms with van der Waals surface area (Å²) in [6.07, 6.45) is 0.681. The highest BCUT2D eigenvalue weighted by atomic mass is 79.9. The molecule has 0 aliphatic heterocycles. The first kappa shape index (κ1) is 14.9. The van der Waals surface area contributed by atoms with Crippen molar-refractivity contribution in [1.82, 2.24) is 0 Å². The highest BCUT2D eigenvalue weighted by Crippen LogP contribution is 2.36. The lowest BCUT2D eigenvalue weighted by Crippen LogP contribution is -2.00. The number of methoxy groups -OCH3 is 2. The van der Waals surface area contributed by atoms with Crippen LogP contribution >= 0.6 is 15.9 Å². The molecule has 0 saturated heterocycles. The summed E-state index contributed by atoms with van der Waals surface area (Å²) in [5.41, 5.74) is 1.95. The monoisotopic (exact) mass is 338 g/mol. The molecular weight excluding hydrogens is 323 g/mol. The van der Waals surface area contributed by atoms with Crippen LogP contribution in [-0.4, -0.2) is 14.2 Å². The molecule has 0 heterocycles. The first-order valence-corrected chi connectivity index (χ1v) is 7.16. The van der Waals surface area contributed by atoms with Crippen LogP contribution in [0.1, 0.15) is 16.0 Å². The van der Waals surface area contributed by atoms with Crippen LogP contribution in [0.3, 0.4) is 0 Å². The summed E-state index contributed by atoms with van der Waals surface area (Å²) in [7, 11) is 3.24. The number of rotatable bonds is 5. The Morgan fingerprint density at radius 2 is 1.90 bits per heavy atom. The van der Waals surface area contributed by atoms with Crippen molar-refractivity contribution in [3.05, 3.63) is 59.4 Å². The minimum atomic E-state index is -0.219. The minimum Gasteiger partial charge on any atom is -0.497 e. The van der Waals surface area contributed by atoms with Gasteiger partial charge in [0.05, 0.1) is 14.2 Å². The van der Waals surface area contributed by atoms with Gasteiger partial charge in [0.15, 0.2) is 0 Å². The van der Waals surface area contributed by atoms with Gasteiger partial charge < -0.3 is 9.47 Å². The molecule has 2 nitrogen and oxygen atoms in total. The summed E-state index contributed by atoms with van der Waals surface area (Å²) in [6.45, 7) is 0. The van der Waals surface area contributed by atoms with Crippen molar-refractivity contribution in [2.75, 3.05) is 14.2 Å². The molecule has 106 valence electrons. The van der Waals surface area contributed by atoms with E-state index >= 15 is 0 Å². The molecule has 0 N–H and O–H groups in total. The van der Waals surface area contributed by atoms with Gasteiger partial charge in [-0.15, -0.1) is 0 Å². The zero-order valence-corrected chi connectivity index (χ0v) is 13.0. The predicted octanol–water partition coefficient (Wildman–Crippen LogP) is 4.52. The SMILES string of the molecule is COc1ccc(C(Br)Cc2cccc(F)c2)c(OC)c1. The van der Waals surface area contributed by atoms with Crippen molar-refractivity contribution in [1.29, 1.82) is 0 Å². The lowest BCUT2D eigenvalue weighted by atomic mass is 10.0. The fraction of sp³-hybridized carbons (Fsp3) is 0.250. The molecular formula is C16H16BrFO2. The summed E-state index contributed by atoms with van der Waals surface area (Å²) in [6, 6.07) is 12.3. The van der Waals surface area contributed by atoms with Crippen LogP contribution in [0.15, 0.2) is 42.5 Å². The van der Waals surface area contributed by atoms with Gasteiger partial charge in [-0.25, -0.2) is 4.39 Å². The number of ether oxygens (including phenoxy) is 2. The molecule has 2 aromatic carbocycles. The Morgan fingerprint density at radius 1 is 1.10 bits per heavy atom. The van der Waals surface area contributed by atoms with Gasteiger partial charge in [-0.1, -0.05) is 34.1 Å². The molecule has 2 rings (SSSR count). The van der Waals surface area contributed by atoms with Crippen molar-refractivity contribution < 1.29 is 13.9 Å². The van der Waals surface area contributed by atoms with Crippen molar-refractivity contribution in [3.8, 4) is 11.5 Å². The highest BCUT2D eigenvalue weighted by Gasteiger charge is 2.15. The Labute approximate surface area is 126 Å². The van der Waals surface area contributed by atoms with Crippen molar-refractivity contribution in [3.63, 3.8) is 0 Å². The fourth-order valence-electron chi connectivity index (χ4n) is 2.06. The van der Waals surface area contributed by atoms with E-state index < -0.39 is 0 Å². The van der Waals surface area contributed by atoms with Crippen LogP contribution in [0.5, 0.6) is 11.5 Å². The number of halogens is 2. The van der Waals surface area contributed by atoms with Gasteiger partial charge in [0.1, 0.15) is 17.3 Å². The number of hydrogen-bond acceptors (Lipinski definition) is 2. The van der Waals surface area contributed by atoms with Crippen LogP contribution in [0.25, 0.3) is 0 Å². The molecule has 0 amide bonds. The Bertz CT molecular complexity index is 586. The maximum atomic E-state index is 13.2. The van der Waals surface area contributed by atoms with E-state index in [0.717, 1.165) is 22.6 Å². The third-order valence-electron chi connectivity index (χ3n) is 3.08. The number of alkyl halides is 1. The summed E-state index contributed by atoms with van der Waals surface area (Å²) >= 11 is 3.64. The molecule has 0 spiro atoms. The van der Waals surface area contributed by atoms with Crippen molar-refractivity contribution in [2.24, 2.45) is 0 Å². The Morgan fingerprint density at radius 3 is 2.55 bits per heavy atom. The second-order valence-corrected chi connectivity index (χ2v) is 5.51. The molecule has 0 aliphatic rings. The maximum Gasteiger partial charge on any atom is 0.126 e. The lowest BCUT2D eigenvalue weighted by Gasteiger charge is -2.15. The summed E-state index contributed by atoms with van der Waals surface area (Å²) in [5.74, 6) is 1.28. The molecule has 0 bridgehead atoms. The van der Waals surface area contributed by atoms with Crippen molar-refractivity contribution in [2.45, 2.75) is 11.2 Å². The number of hydrogen-bond donors (Lipinski definition) is 0. The predicted molar refractivity (Wildman–Crippen MR) is 81.3 cm³/mol. The molecule has 4 heteroatoms. The maximum absolute atomic E-state index is 13.2. The van der Waals surface area contributed by atoms with E-state index in [0.29, 0.717) is 6.42 Å². The van der Waals surface area contributed by atoms with Gasteiger partial charge in [-0.3, -0.25) is 0 Å². The second-order valence-electron chi connectivity index (χ2n) is 4.41. The largest absolute Gasteiger partial charge is 0.497 e. The summed E-state index contributed by atoms with van der Waals surface area (Å²) < 4.78 is 23.8. The standard InChI is InChI=1S/C16H16BrFO2/c1-19-13-6-7-14(16(10-13)20-2)15(17)9-11-4-3-5-12(18)8-11/h3-8,10,15H,9H2,1-2H3. The topological polar surface area (TPSA) is 18.5 Å². The Kier molecular flexibility index (Phi) is 5.01. The zero-order chi connectivity index (χ0) is 14.5. The van der Waals surface area contributed by atoms with Crippen LogP contribution in [-0.2, 0) is 6.42 Å². The molecule has 0 aliphatic carbocycles. The normalized spacial score (nSPS) is 12.0. The van der Waals surface area contributed by atoms with E-state index in [1.807, 2.05) is 24.3 Å².